The first kappa shape index (κ1) is 26.0. The summed E-state index contributed by atoms with van der Waals surface area (Å²) in [7, 11) is 1.59. The third-order valence-electron chi connectivity index (χ3n) is 6.89. The molecule has 0 fully saturated rings. The van der Waals surface area contributed by atoms with Crippen molar-refractivity contribution in [3.63, 3.8) is 0 Å². The normalized spacial score (nSPS) is 16.4. The van der Waals surface area contributed by atoms with Gasteiger partial charge in [-0.3, -0.25) is 9.59 Å². The lowest BCUT2D eigenvalue weighted by molar-refractivity contribution is -0.119. The fraction of sp³-hybridized carbons (Fsp3) is 0.188. The lowest BCUT2D eigenvalue weighted by Gasteiger charge is -2.42. The van der Waals surface area contributed by atoms with Crippen LogP contribution in [0.1, 0.15) is 45.9 Å². The van der Waals surface area contributed by atoms with E-state index in [1.165, 1.54) is 12.1 Å². The summed E-state index contributed by atoms with van der Waals surface area (Å²) in [6.45, 7) is 2.53. The van der Waals surface area contributed by atoms with Gasteiger partial charge in [-0.2, -0.15) is 0 Å². The maximum absolute atomic E-state index is 14.2. The van der Waals surface area contributed by atoms with Crippen LogP contribution in [0, 0.1) is 5.82 Å². The maximum Gasteiger partial charge on any atom is 0.255 e. The molecule has 0 saturated carbocycles. The van der Waals surface area contributed by atoms with Gasteiger partial charge in [-0.1, -0.05) is 54.6 Å². The van der Waals surface area contributed by atoms with Crippen LogP contribution in [0.15, 0.2) is 97.1 Å². The summed E-state index contributed by atoms with van der Waals surface area (Å²) in [6, 6.07) is 27.3. The van der Waals surface area contributed by atoms with Crippen LogP contribution in [0.3, 0.4) is 0 Å². The Morgan fingerprint density at radius 2 is 1.62 bits per heavy atom. The molecule has 39 heavy (non-hydrogen) atoms. The van der Waals surface area contributed by atoms with Crippen LogP contribution >= 0.6 is 0 Å². The number of rotatable bonds is 8. The second-order valence-electron chi connectivity index (χ2n) is 9.26. The Labute approximate surface area is 227 Å². The number of benzene rings is 4. The minimum absolute atomic E-state index is 0.198. The molecule has 2 atom stereocenters. The lowest BCUT2D eigenvalue weighted by atomic mass is 9.79. The van der Waals surface area contributed by atoms with E-state index in [2.05, 4.69) is 5.32 Å². The molecule has 2 amide bonds. The van der Waals surface area contributed by atoms with Crippen LogP contribution in [-0.2, 0) is 11.3 Å². The number of methoxy groups -OCH3 is 1. The number of ether oxygens (including phenoxy) is 2. The van der Waals surface area contributed by atoms with Crippen LogP contribution in [0.25, 0.3) is 0 Å². The second kappa shape index (κ2) is 11.4. The van der Waals surface area contributed by atoms with Gasteiger partial charge in [0.1, 0.15) is 17.3 Å². The molecular weight excluding hydrogens is 495 g/mol. The number of halogens is 1. The first-order valence-corrected chi connectivity index (χ1v) is 12.8. The third-order valence-corrected chi connectivity index (χ3v) is 6.89. The Morgan fingerprint density at radius 1 is 0.923 bits per heavy atom. The first-order chi connectivity index (χ1) is 19.0. The average Bonchev–Trinajstić information content (AvgIpc) is 2.96. The summed E-state index contributed by atoms with van der Waals surface area (Å²) in [5.74, 6) is -0.328. The molecule has 6 nitrogen and oxygen atoms in total. The van der Waals surface area contributed by atoms with E-state index in [4.69, 9.17) is 9.47 Å². The second-order valence-corrected chi connectivity index (χ2v) is 9.26. The first-order valence-electron chi connectivity index (χ1n) is 12.8. The fourth-order valence-electron chi connectivity index (χ4n) is 5.07. The van der Waals surface area contributed by atoms with E-state index < -0.39 is 12.0 Å². The van der Waals surface area contributed by atoms with Gasteiger partial charge in [0.25, 0.3) is 5.91 Å². The van der Waals surface area contributed by atoms with E-state index in [0.29, 0.717) is 34.9 Å². The van der Waals surface area contributed by atoms with Gasteiger partial charge in [-0.05, 0) is 66.1 Å². The average molecular weight is 525 g/mol. The molecule has 7 heteroatoms. The summed E-state index contributed by atoms with van der Waals surface area (Å²) >= 11 is 0. The Hall–Kier alpha value is -4.65. The summed E-state index contributed by atoms with van der Waals surface area (Å²) in [4.78, 5) is 29.8. The minimum Gasteiger partial charge on any atom is -0.497 e. The molecule has 5 rings (SSSR count). The van der Waals surface area contributed by atoms with Gasteiger partial charge in [0.2, 0.25) is 5.91 Å². The molecule has 0 aromatic heterocycles. The molecular formula is C32H29FN2O4. The van der Waals surface area contributed by atoms with Crippen molar-refractivity contribution in [1.82, 2.24) is 4.90 Å². The Bertz CT molecular complexity index is 1470. The van der Waals surface area contributed by atoms with Crippen molar-refractivity contribution in [2.75, 3.05) is 19.0 Å². The zero-order valence-electron chi connectivity index (χ0n) is 21.8. The molecule has 1 N–H and O–H groups in total. The van der Waals surface area contributed by atoms with Gasteiger partial charge in [-0.15, -0.1) is 0 Å². The van der Waals surface area contributed by atoms with Crippen molar-refractivity contribution >= 4 is 17.5 Å². The van der Waals surface area contributed by atoms with Gasteiger partial charge < -0.3 is 19.7 Å². The summed E-state index contributed by atoms with van der Waals surface area (Å²) < 4.78 is 24.7. The number of fused-ring (bicyclic) bond motifs is 1. The zero-order valence-corrected chi connectivity index (χ0v) is 21.8. The van der Waals surface area contributed by atoms with Crippen molar-refractivity contribution in [3.8, 4) is 11.5 Å². The highest BCUT2D eigenvalue weighted by atomic mass is 19.1. The molecule has 4 aromatic carbocycles. The van der Waals surface area contributed by atoms with Crippen molar-refractivity contribution in [2.45, 2.75) is 25.4 Å². The highest BCUT2D eigenvalue weighted by Gasteiger charge is 2.44. The predicted molar refractivity (Wildman–Crippen MR) is 147 cm³/mol. The van der Waals surface area contributed by atoms with Gasteiger partial charge >= 0.3 is 0 Å². The Balaban J connectivity index is 1.63. The standard InChI is InChI=1S/C32H29FN2O4/c1-3-39-28-11-7-6-10-27(28)34-31(36)29-25-8-4-5-9-26(25)32(37)35(20-21-12-16-23(33)17-13-21)30(29)22-14-18-24(38-2)19-15-22/h4-19,29-30H,3,20H2,1-2H3,(H,34,36)/t29-,30-/m1/s1. The van der Waals surface area contributed by atoms with Crippen molar-refractivity contribution < 1.29 is 23.5 Å². The minimum atomic E-state index is -0.734. The summed E-state index contributed by atoms with van der Waals surface area (Å²) in [5.41, 5.74) is 3.19. The molecule has 0 spiro atoms. The van der Waals surface area contributed by atoms with E-state index in [-0.39, 0.29) is 24.2 Å². The van der Waals surface area contributed by atoms with Gasteiger partial charge in [0.15, 0.2) is 0 Å². The quantitative estimate of drug-likeness (QED) is 0.292. The molecule has 198 valence electrons. The van der Waals surface area contributed by atoms with Crippen LogP contribution in [0.5, 0.6) is 11.5 Å². The predicted octanol–water partition coefficient (Wildman–Crippen LogP) is 6.35. The molecule has 1 aliphatic heterocycles. The topological polar surface area (TPSA) is 67.9 Å². The smallest absolute Gasteiger partial charge is 0.255 e. The van der Waals surface area contributed by atoms with Crippen molar-refractivity contribution in [2.24, 2.45) is 0 Å². The number of para-hydroxylation sites is 2. The van der Waals surface area contributed by atoms with Crippen molar-refractivity contribution in [1.29, 1.82) is 0 Å². The van der Waals surface area contributed by atoms with E-state index in [1.807, 2.05) is 55.5 Å². The molecule has 0 aliphatic carbocycles. The molecule has 1 heterocycles. The SMILES string of the molecule is CCOc1ccccc1NC(=O)[C@@H]1c2ccccc2C(=O)N(Cc2ccc(F)cc2)[C@@H]1c1ccc(OC)cc1. The summed E-state index contributed by atoms with van der Waals surface area (Å²) in [6.07, 6.45) is 0. The highest BCUT2D eigenvalue weighted by Crippen LogP contribution is 2.44. The number of anilines is 1. The summed E-state index contributed by atoms with van der Waals surface area (Å²) in [5, 5.41) is 3.06. The van der Waals surface area contributed by atoms with E-state index in [1.54, 1.807) is 48.4 Å². The Kier molecular flexibility index (Phi) is 7.59. The number of hydrogen-bond donors (Lipinski definition) is 1. The van der Waals surface area contributed by atoms with E-state index >= 15 is 0 Å². The molecule has 0 radical (unpaired) electrons. The number of nitrogens with zero attached hydrogens (tertiary/aromatic N) is 1. The Morgan fingerprint density at radius 3 is 2.33 bits per heavy atom. The number of hydrogen-bond acceptors (Lipinski definition) is 4. The lowest BCUT2D eigenvalue weighted by Crippen LogP contribution is -2.45. The monoisotopic (exact) mass is 524 g/mol. The highest BCUT2D eigenvalue weighted by molar-refractivity contribution is 6.04. The van der Waals surface area contributed by atoms with Crippen LogP contribution in [0.2, 0.25) is 0 Å². The number of amides is 2. The number of carbonyl (C=O) groups is 2. The molecule has 1 aliphatic rings. The maximum atomic E-state index is 14.2. The molecule has 0 saturated heterocycles. The van der Waals surface area contributed by atoms with E-state index in [0.717, 1.165) is 11.1 Å². The van der Waals surface area contributed by atoms with Gasteiger partial charge in [0.05, 0.1) is 31.4 Å². The number of carbonyl (C=O) groups excluding carboxylic acids is 2. The van der Waals surface area contributed by atoms with Crippen LogP contribution < -0.4 is 14.8 Å². The fourth-order valence-corrected chi connectivity index (χ4v) is 5.07. The molecule has 0 bridgehead atoms. The number of nitrogens with one attached hydrogen (secondary N) is 1. The van der Waals surface area contributed by atoms with E-state index in [9.17, 15) is 14.0 Å². The largest absolute Gasteiger partial charge is 0.497 e. The van der Waals surface area contributed by atoms with Gasteiger partial charge in [0, 0.05) is 12.1 Å². The zero-order chi connectivity index (χ0) is 27.4. The van der Waals surface area contributed by atoms with Crippen LogP contribution in [-0.4, -0.2) is 30.4 Å². The van der Waals surface area contributed by atoms with Crippen molar-refractivity contribution in [3.05, 3.63) is 125 Å². The molecule has 4 aromatic rings. The molecule has 0 unspecified atom stereocenters. The van der Waals surface area contributed by atoms with Gasteiger partial charge in [-0.25, -0.2) is 4.39 Å². The third kappa shape index (κ3) is 5.34. The van der Waals surface area contributed by atoms with Crippen LogP contribution in [0.4, 0.5) is 10.1 Å².